The first-order chi connectivity index (χ1) is 7.19. The van der Waals surface area contributed by atoms with Gasteiger partial charge in [0.25, 0.3) is 0 Å². The molecule has 2 aliphatic heterocycles. The van der Waals surface area contributed by atoms with E-state index < -0.39 is 16.4 Å². The summed E-state index contributed by atoms with van der Waals surface area (Å²) in [4.78, 5) is 0. The zero-order valence-electron chi connectivity index (χ0n) is 9.15. The Kier molecular flexibility index (Phi) is 2.44. The van der Waals surface area contributed by atoms with Gasteiger partial charge in [-0.3, -0.25) is 4.21 Å². The number of hydrogen-bond acceptors (Lipinski definition) is 2. The monoisotopic (exact) mass is 228 g/mol. The van der Waals surface area contributed by atoms with E-state index in [1.54, 1.807) is 0 Å². The SMILES string of the molecule is O=S1C2CCCC1CC(O)(C1CCC1)C2. The highest BCUT2D eigenvalue weighted by atomic mass is 32.2. The van der Waals surface area contributed by atoms with E-state index in [-0.39, 0.29) is 0 Å². The van der Waals surface area contributed by atoms with Crippen LogP contribution in [0.1, 0.15) is 51.4 Å². The summed E-state index contributed by atoms with van der Waals surface area (Å²) in [7, 11) is -0.637. The number of fused-ring (bicyclic) bond motifs is 2. The molecule has 2 saturated heterocycles. The van der Waals surface area contributed by atoms with E-state index in [0.29, 0.717) is 16.4 Å². The lowest BCUT2D eigenvalue weighted by Crippen LogP contribution is -2.54. The first-order valence-electron chi connectivity index (χ1n) is 6.31. The summed E-state index contributed by atoms with van der Waals surface area (Å²) in [6.45, 7) is 0. The third kappa shape index (κ3) is 1.59. The first-order valence-corrected chi connectivity index (χ1v) is 7.58. The summed E-state index contributed by atoms with van der Waals surface area (Å²) in [5.74, 6) is 0.526. The van der Waals surface area contributed by atoms with Crippen molar-refractivity contribution in [3.63, 3.8) is 0 Å². The van der Waals surface area contributed by atoms with Crippen molar-refractivity contribution in [3.05, 3.63) is 0 Å². The molecular weight excluding hydrogens is 208 g/mol. The number of hydrogen-bond donors (Lipinski definition) is 1. The first kappa shape index (κ1) is 10.3. The molecule has 0 radical (unpaired) electrons. The maximum absolute atomic E-state index is 12.0. The lowest BCUT2D eigenvalue weighted by Gasteiger charge is -2.50. The topological polar surface area (TPSA) is 37.3 Å². The summed E-state index contributed by atoms with van der Waals surface area (Å²) in [6.07, 6.45) is 8.70. The molecule has 0 aromatic carbocycles. The van der Waals surface area contributed by atoms with Gasteiger partial charge in [0.05, 0.1) is 5.60 Å². The zero-order valence-corrected chi connectivity index (χ0v) is 9.97. The Labute approximate surface area is 93.9 Å². The Morgan fingerprint density at radius 2 is 1.53 bits per heavy atom. The van der Waals surface area contributed by atoms with E-state index in [9.17, 15) is 9.32 Å². The average molecular weight is 228 g/mol. The van der Waals surface area contributed by atoms with Gasteiger partial charge in [-0.2, -0.15) is 0 Å². The molecule has 2 unspecified atom stereocenters. The molecule has 1 saturated carbocycles. The van der Waals surface area contributed by atoms with Crippen LogP contribution >= 0.6 is 0 Å². The maximum Gasteiger partial charge on any atom is 0.0698 e. The molecule has 0 aromatic rings. The van der Waals surface area contributed by atoms with Crippen LogP contribution in [0.5, 0.6) is 0 Å². The maximum atomic E-state index is 12.0. The molecular formula is C12H20O2S. The minimum atomic E-state index is -0.637. The second-order valence-electron chi connectivity index (χ2n) is 5.64. The highest BCUT2D eigenvalue weighted by Crippen LogP contribution is 2.48. The van der Waals surface area contributed by atoms with Crippen molar-refractivity contribution in [3.8, 4) is 0 Å². The smallest absolute Gasteiger partial charge is 0.0698 e. The minimum absolute atomic E-state index is 0.308. The Morgan fingerprint density at radius 3 is 2.00 bits per heavy atom. The quantitative estimate of drug-likeness (QED) is 0.745. The zero-order chi connectivity index (χ0) is 10.5. The van der Waals surface area contributed by atoms with Crippen molar-refractivity contribution < 1.29 is 9.32 Å². The fourth-order valence-corrected chi connectivity index (χ4v) is 5.84. The third-order valence-corrected chi connectivity index (χ3v) is 6.86. The van der Waals surface area contributed by atoms with Crippen molar-refractivity contribution in [2.75, 3.05) is 0 Å². The van der Waals surface area contributed by atoms with Gasteiger partial charge in [-0.25, -0.2) is 0 Å². The summed E-state index contributed by atoms with van der Waals surface area (Å²) in [5.41, 5.74) is -0.443. The lowest BCUT2D eigenvalue weighted by atomic mass is 9.67. The van der Waals surface area contributed by atoms with E-state index in [2.05, 4.69) is 0 Å². The Morgan fingerprint density at radius 1 is 1.00 bits per heavy atom. The van der Waals surface area contributed by atoms with Crippen molar-refractivity contribution in [1.29, 1.82) is 0 Å². The molecule has 3 heteroatoms. The summed E-state index contributed by atoms with van der Waals surface area (Å²) < 4.78 is 12.0. The average Bonchev–Trinajstić information content (AvgIpc) is 2.04. The molecule has 2 nitrogen and oxygen atoms in total. The number of aliphatic hydroxyl groups is 1. The van der Waals surface area contributed by atoms with Gasteiger partial charge < -0.3 is 5.11 Å². The van der Waals surface area contributed by atoms with Gasteiger partial charge in [0.1, 0.15) is 0 Å². The van der Waals surface area contributed by atoms with Crippen molar-refractivity contribution >= 4 is 10.8 Å². The largest absolute Gasteiger partial charge is 0.390 e. The van der Waals surface area contributed by atoms with Gasteiger partial charge in [0.2, 0.25) is 0 Å². The second-order valence-corrected chi connectivity index (χ2v) is 7.63. The fourth-order valence-electron chi connectivity index (χ4n) is 3.60. The molecule has 1 N–H and O–H groups in total. The van der Waals surface area contributed by atoms with Crippen molar-refractivity contribution in [2.45, 2.75) is 67.5 Å². The predicted octanol–water partition coefficient (Wildman–Crippen LogP) is 1.98. The molecule has 86 valence electrons. The van der Waals surface area contributed by atoms with Crippen LogP contribution in [0.3, 0.4) is 0 Å². The van der Waals surface area contributed by atoms with Crippen molar-refractivity contribution in [1.82, 2.24) is 0 Å². The highest BCUT2D eigenvalue weighted by Gasteiger charge is 2.50. The second kappa shape index (κ2) is 3.56. The molecule has 2 bridgehead atoms. The molecule has 15 heavy (non-hydrogen) atoms. The van der Waals surface area contributed by atoms with E-state index in [4.69, 9.17) is 0 Å². The van der Waals surface area contributed by atoms with Crippen LogP contribution in [-0.4, -0.2) is 25.4 Å². The molecule has 0 aromatic heterocycles. The molecule has 2 heterocycles. The molecule has 0 spiro atoms. The van der Waals surface area contributed by atoms with E-state index in [1.165, 1.54) is 25.7 Å². The molecule has 0 amide bonds. The minimum Gasteiger partial charge on any atom is -0.390 e. The standard InChI is InChI=1S/C12H20O2S/c13-12(9-3-1-4-9)7-10-5-2-6-11(8-12)15(10)14/h9-11,13H,1-8H2. The highest BCUT2D eigenvalue weighted by molar-refractivity contribution is 7.86. The van der Waals surface area contributed by atoms with Crippen molar-refractivity contribution in [2.24, 2.45) is 5.92 Å². The van der Waals surface area contributed by atoms with Crippen LogP contribution in [-0.2, 0) is 10.8 Å². The van der Waals surface area contributed by atoms with Crippen LogP contribution < -0.4 is 0 Å². The molecule has 3 fully saturated rings. The normalized spacial score (nSPS) is 51.1. The summed E-state index contributed by atoms with van der Waals surface area (Å²) in [5, 5.41) is 11.3. The van der Waals surface area contributed by atoms with Crippen LogP contribution in [0.15, 0.2) is 0 Å². The fraction of sp³-hybridized carbons (Fsp3) is 1.00. The molecule has 3 aliphatic rings. The van der Waals surface area contributed by atoms with Crippen LogP contribution in [0.25, 0.3) is 0 Å². The van der Waals surface area contributed by atoms with Crippen LogP contribution in [0.4, 0.5) is 0 Å². The van der Waals surface area contributed by atoms with E-state index >= 15 is 0 Å². The van der Waals surface area contributed by atoms with Crippen LogP contribution in [0.2, 0.25) is 0 Å². The summed E-state index contributed by atoms with van der Waals surface area (Å²) >= 11 is 0. The van der Waals surface area contributed by atoms with Gasteiger partial charge in [0.15, 0.2) is 0 Å². The molecule has 3 rings (SSSR count). The summed E-state index contributed by atoms with van der Waals surface area (Å²) in [6, 6.07) is 0. The van der Waals surface area contributed by atoms with Gasteiger partial charge in [0, 0.05) is 21.3 Å². The lowest BCUT2D eigenvalue weighted by molar-refractivity contribution is -0.0708. The Balaban J connectivity index is 1.80. The Bertz CT molecular complexity index is 269. The van der Waals surface area contributed by atoms with Gasteiger partial charge >= 0.3 is 0 Å². The molecule has 1 aliphatic carbocycles. The number of rotatable bonds is 1. The third-order valence-electron chi connectivity index (χ3n) is 4.74. The Hall–Kier alpha value is 0.110. The van der Waals surface area contributed by atoms with E-state index in [1.807, 2.05) is 0 Å². The van der Waals surface area contributed by atoms with Gasteiger partial charge in [-0.15, -0.1) is 0 Å². The van der Waals surface area contributed by atoms with Gasteiger partial charge in [-0.05, 0) is 44.4 Å². The predicted molar refractivity (Wildman–Crippen MR) is 61.1 cm³/mol. The van der Waals surface area contributed by atoms with Crippen LogP contribution in [0, 0.1) is 5.92 Å². The molecule has 2 atom stereocenters. The van der Waals surface area contributed by atoms with E-state index in [0.717, 1.165) is 25.7 Å². The van der Waals surface area contributed by atoms with Gasteiger partial charge in [-0.1, -0.05) is 12.8 Å².